The molecule has 1 aliphatic heterocycles. The van der Waals surface area contributed by atoms with E-state index in [-0.39, 0.29) is 13.0 Å². The van der Waals surface area contributed by atoms with Gasteiger partial charge in [-0.2, -0.15) is 0 Å². The van der Waals surface area contributed by atoms with Gasteiger partial charge >= 0.3 is 0 Å². The average Bonchev–Trinajstić information content (AvgIpc) is 2.19. The van der Waals surface area contributed by atoms with Gasteiger partial charge in [0.2, 0.25) is 0 Å². The minimum atomic E-state index is -1.33. The summed E-state index contributed by atoms with van der Waals surface area (Å²) in [5.74, 6) is 0. The fraction of sp³-hybridized carbons (Fsp3) is 1.00. The second kappa shape index (κ2) is 3.46. The van der Waals surface area contributed by atoms with Crippen LogP contribution in [0.25, 0.3) is 0 Å². The Balaban J connectivity index is 2.45. The second-order valence-corrected chi connectivity index (χ2v) is 2.56. The molecule has 5 nitrogen and oxygen atoms in total. The number of hydrogen-bond acceptors (Lipinski definition) is 5. The lowest BCUT2D eigenvalue weighted by Crippen LogP contribution is -2.32. The van der Waals surface area contributed by atoms with Gasteiger partial charge in [0.25, 0.3) is 0 Å². The molecule has 0 aromatic rings. The Labute approximate surface area is 63.8 Å². The molecule has 0 saturated carbocycles. The summed E-state index contributed by atoms with van der Waals surface area (Å²) >= 11 is 0. The van der Waals surface area contributed by atoms with Gasteiger partial charge in [-0.25, -0.2) is 0 Å². The van der Waals surface area contributed by atoms with Crippen molar-refractivity contribution in [2.45, 2.75) is 31.0 Å². The molecule has 1 aliphatic rings. The van der Waals surface area contributed by atoms with Crippen LogP contribution in [0.1, 0.15) is 6.42 Å². The van der Waals surface area contributed by atoms with Gasteiger partial charge in [0.1, 0.15) is 12.2 Å². The first-order chi connectivity index (χ1) is 5.16. The van der Waals surface area contributed by atoms with Crippen molar-refractivity contribution in [1.82, 2.24) is 0 Å². The van der Waals surface area contributed by atoms with E-state index < -0.39 is 24.6 Å². The third-order valence-corrected chi connectivity index (χ3v) is 1.75. The molecular formula is C6H12O5. The van der Waals surface area contributed by atoms with Crippen molar-refractivity contribution in [3.8, 4) is 0 Å². The molecule has 0 aromatic heterocycles. The number of aliphatic hydroxyl groups is 4. The lowest BCUT2D eigenvalue weighted by molar-refractivity contribution is -0.129. The summed E-state index contributed by atoms with van der Waals surface area (Å²) < 4.78 is 4.72. The average molecular weight is 164 g/mol. The topological polar surface area (TPSA) is 90.2 Å². The standard InChI is InChI=1S/C6H12O5/c7-2-1-3-4(8)5(9)6(10)11-3/h3-10H,1-2H2/t3?,4-,5-,6?/m1/s1. The zero-order chi connectivity index (χ0) is 8.43. The van der Waals surface area contributed by atoms with Crippen molar-refractivity contribution in [2.75, 3.05) is 6.61 Å². The zero-order valence-corrected chi connectivity index (χ0v) is 5.92. The lowest BCUT2D eigenvalue weighted by atomic mass is 10.1. The van der Waals surface area contributed by atoms with Crippen molar-refractivity contribution in [3.63, 3.8) is 0 Å². The Bertz CT molecular complexity index is 128. The largest absolute Gasteiger partial charge is 0.396 e. The van der Waals surface area contributed by atoms with E-state index in [9.17, 15) is 0 Å². The lowest BCUT2D eigenvalue weighted by Gasteiger charge is -2.11. The zero-order valence-electron chi connectivity index (χ0n) is 5.92. The van der Waals surface area contributed by atoms with Crippen molar-refractivity contribution >= 4 is 0 Å². The van der Waals surface area contributed by atoms with Gasteiger partial charge < -0.3 is 25.2 Å². The maximum absolute atomic E-state index is 9.11. The van der Waals surface area contributed by atoms with Crippen LogP contribution < -0.4 is 0 Å². The van der Waals surface area contributed by atoms with Gasteiger partial charge in [-0.3, -0.25) is 0 Å². The van der Waals surface area contributed by atoms with E-state index in [1.54, 1.807) is 0 Å². The van der Waals surface area contributed by atoms with Crippen LogP contribution in [-0.2, 0) is 4.74 Å². The monoisotopic (exact) mass is 164 g/mol. The van der Waals surface area contributed by atoms with Crippen molar-refractivity contribution in [3.05, 3.63) is 0 Å². The van der Waals surface area contributed by atoms with Crippen molar-refractivity contribution in [1.29, 1.82) is 0 Å². The molecule has 1 fully saturated rings. The first-order valence-electron chi connectivity index (χ1n) is 3.47. The molecule has 1 saturated heterocycles. The predicted molar refractivity (Wildman–Crippen MR) is 34.6 cm³/mol. The highest BCUT2D eigenvalue weighted by molar-refractivity contribution is 4.85. The Morgan fingerprint density at radius 3 is 2.09 bits per heavy atom. The molecule has 0 aromatic carbocycles. The van der Waals surface area contributed by atoms with Gasteiger partial charge in [0.15, 0.2) is 6.29 Å². The molecule has 4 N–H and O–H groups in total. The highest BCUT2D eigenvalue weighted by Gasteiger charge is 2.40. The maximum Gasteiger partial charge on any atom is 0.183 e. The molecule has 2 unspecified atom stereocenters. The number of ether oxygens (including phenoxy) is 1. The van der Waals surface area contributed by atoms with Gasteiger partial charge in [0.05, 0.1) is 6.10 Å². The van der Waals surface area contributed by atoms with E-state index in [1.807, 2.05) is 0 Å². The van der Waals surface area contributed by atoms with E-state index in [0.29, 0.717) is 0 Å². The predicted octanol–water partition coefficient (Wildman–Crippen LogP) is -2.19. The van der Waals surface area contributed by atoms with Gasteiger partial charge in [0, 0.05) is 6.61 Å². The summed E-state index contributed by atoms with van der Waals surface area (Å²) in [4.78, 5) is 0. The summed E-state index contributed by atoms with van der Waals surface area (Å²) in [7, 11) is 0. The number of rotatable bonds is 2. The molecular weight excluding hydrogens is 152 g/mol. The molecule has 0 bridgehead atoms. The summed E-state index contributed by atoms with van der Waals surface area (Å²) in [6.45, 7) is -0.138. The fourth-order valence-electron chi connectivity index (χ4n) is 1.09. The van der Waals surface area contributed by atoms with Crippen molar-refractivity contribution < 1.29 is 25.2 Å². The van der Waals surface area contributed by atoms with Crippen LogP contribution in [0, 0.1) is 0 Å². The third kappa shape index (κ3) is 1.69. The van der Waals surface area contributed by atoms with Crippen LogP contribution in [0.15, 0.2) is 0 Å². The molecule has 0 spiro atoms. The highest BCUT2D eigenvalue weighted by atomic mass is 16.6. The number of aliphatic hydroxyl groups excluding tert-OH is 4. The molecule has 1 heterocycles. The normalized spacial score (nSPS) is 44.7. The van der Waals surface area contributed by atoms with Crippen LogP contribution in [0.2, 0.25) is 0 Å². The smallest absolute Gasteiger partial charge is 0.183 e. The molecule has 0 radical (unpaired) electrons. The van der Waals surface area contributed by atoms with Crippen molar-refractivity contribution in [2.24, 2.45) is 0 Å². The summed E-state index contributed by atoms with van der Waals surface area (Å²) in [6, 6.07) is 0. The Morgan fingerprint density at radius 2 is 1.73 bits per heavy atom. The quantitative estimate of drug-likeness (QED) is 0.372. The minimum Gasteiger partial charge on any atom is -0.396 e. The number of hydrogen-bond donors (Lipinski definition) is 4. The van der Waals surface area contributed by atoms with Gasteiger partial charge in [-0.05, 0) is 6.42 Å². The second-order valence-electron chi connectivity index (χ2n) is 2.56. The van der Waals surface area contributed by atoms with Crippen LogP contribution >= 0.6 is 0 Å². The molecule has 66 valence electrons. The Hall–Kier alpha value is -0.200. The van der Waals surface area contributed by atoms with E-state index >= 15 is 0 Å². The van der Waals surface area contributed by atoms with Gasteiger partial charge in [-0.1, -0.05) is 0 Å². The molecule has 5 heteroatoms. The van der Waals surface area contributed by atoms with Crippen LogP contribution in [0.3, 0.4) is 0 Å². The van der Waals surface area contributed by atoms with Crippen LogP contribution in [-0.4, -0.2) is 51.6 Å². The minimum absolute atomic E-state index is 0.138. The molecule has 1 rings (SSSR count). The SMILES string of the molecule is OCCC1OC(O)[C@H](O)[C@@H]1O. The third-order valence-electron chi connectivity index (χ3n) is 1.75. The van der Waals surface area contributed by atoms with Crippen LogP contribution in [0.4, 0.5) is 0 Å². The molecule has 11 heavy (non-hydrogen) atoms. The van der Waals surface area contributed by atoms with E-state index in [0.717, 1.165) is 0 Å². The van der Waals surface area contributed by atoms with E-state index in [2.05, 4.69) is 0 Å². The Kier molecular flexibility index (Phi) is 2.80. The highest BCUT2D eigenvalue weighted by Crippen LogP contribution is 2.21. The molecule has 0 amide bonds. The fourth-order valence-corrected chi connectivity index (χ4v) is 1.09. The van der Waals surface area contributed by atoms with Crippen LogP contribution in [0.5, 0.6) is 0 Å². The molecule has 4 atom stereocenters. The maximum atomic E-state index is 9.11. The summed E-state index contributed by atoms with van der Waals surface area (Å²) in [6.07, 6.45) is -4.13. The Morgan fingerprint density at radius 1 is 1.09 bits per heavy atom. The van der Waals surface area contributed by atoms with E-state index in [4.69, 9.17) is 25.2 Å². The summed E-state index contributed by atoms with van der Waals surface area (Å²) in [5.41, 5.74) is 0. The van der Waals surface area contributed by atoms with E-state index in [1.165, 1.54) is 0 Å². The van der Waals surface area contributed by atoms with Gasteiger partial charge in [-0.15, -0.1) is 0 Å². The first kappa shape index (κ1) is 8.89. The summed E-state index contributed by atoms with van der Waals surface area (Å²) in [5, 5.41) is 35.4. The molecule has 0 aliphatic carbocycles. The first-order valence-corrected chi connectivity index (χ1v) is 3.47.